The van der Waals surface area contributed by atoms with Crippen LogP contribution in [0, 0.1) is 12.8 Å². The minimum absolute atomic E-state index is 0.434. The average Bonchev–Trinajstić information content (AvgIpc) is 2.24. The monoisotopic (exact) mass is 219 g/mol. The number of phenols is 1. The number of piperidine rings is 1. The van der Waals surface area contributed by atoms with Crippen LogP contribution in [-0.4, -0.2) is 23.1 Å². The molecule has 0 radical (unpaired) electrons. The number of hydrogen-bond acceptors (Lipinski definition) is 2. The Kier molecular flexibility index (Phi) is 3.49. The first kappa shape index (κ1) is 11.5. The number of phenolic OH excluding ortho intramolecular Hbond substituents is 1. The molecule has 1 saturated heterocycles. The minimum atomic E-state index is 0.434. The molecule has 0 aromatic heterocycles. The fourth-order valence-electron chi connectivity index (χ4n) is 2.51. The third-order valence-corrected chi connectivity index (χ3v) is 3.37. The predicted octanol–water partition coefficient (Wildman–Crippen LogP) is 2.93. The second kappa shape index (κ2) is 4.88. The van der Waals surface area contributed by atoms with Crippen LogP contribution < -0.4 is 0 Å². The lowest BCUT2D eigenvalue weighted by Crippen LogP contribution is -2.33. The Balaban J connectivity index is 2.05. The first-order chi connectivity index (χ1) is 7.65. The van der Waals surface area contributed by atoms with Gasteiger partial charge in [0.05, 0.1) is 0 Å². The number of benzene rings is 1. The van der Waals surface area contributed by atoms with Crippen molar-refractivity contribution in [1.82, 2.24) is 4.90 Å². The summed E-state index contributed by atoms with van der Waals surface area (Å²) in [4.78, 5) is 2.45. The molecule has 1 atom stereocenters. The van der Waals surface area contributed by atoms with Crippen molar-refractivity contribution in [1.29, 1.82) is 0 Å². The molecule has 1 aromatic rings. The molecule has 88 valence electrons. The van der Waals surface area contributed by atoms with E-state index in [1.165, 1.54) is 18.4 Å². The summed E-state index contributed by atoms with van der Waals surface area (Å²) in [7, 11) is 0. The maximum absolute atomic E-state index is 9.80. The Bertz CT molecular complexity index is 362. The molecule has 1 unspecified atom stereocenters. The van der Waals surface area contributed by atoms with Crippen molar-refractivity contribution in [2.24, 2.45) is 5.92 Å². The van der Waals surface area contributed by atoms with Gasteiger partial charge in [-0.2, -0.15) is 0 Å². The number of aromatic hydroxyl groups is 1. The zero-order valence-corrected chi connectivity index (χ0v) is 10.2. The normalized spacial score (nSPS) is 22.2. The lowest BCUT2D eigenvalue weighted by atomic mass is 9.99. The van der Waals surface area contributed by atoms with Gasteiger partial charge in [0.1, 0.15) is 5.75 Å². The standard InChI is InChI=1S/C14H21NO/c1-11-5-6-14(16)13(8-11)10-15-7-3-4-12(2)9-15/h5-6,8,12,16H,3-4,7,9-10H2,1-2H3. The van der Waals surface area contributed by atoms with Gasteiger partial charge < -0.3 is 5.11 Å². The van der Waals surface area contributed by atoms with E-state index < -0.39 is 0 Å². The predicted molar refractivity (Wildman–Crippen MR) is 66.5 cm³/mol. The average molecular weight is 219 g/mol. The number of hydrogen-bond donors (Lipinski definition) is 1. The SMILES string of the molecule is Cc1ccc(O)c(CN2CCCC(C)C2)c1. The summed E-state index contributed by atoms with van der Waals surface area (Å²) in [6.45, 7) is 7.59. The Labute approximate surface area is 97.9 Å². The summed E-state index contributed by atoms with van der Waals surface area (Å²) in [6, 6.07) is 5.85. The second-order valence-corrected chi connectivity index (χ2v) is 5.11. The molecule has 16 heavy (non-hydrogen) atoms. The largest absolute Gasteiger partial charge is 0.508 e. The van der Waals surface area contributed by atoms with Gasteiger partial charge in [0.25, 0.3) is 0 Å². The van der Waals surface area contributed by atoms with Crippen molar-refractivity contribution in [2.45, 2.75) is 33.2 Å². The first-order valence-corrected chi connectivity index (χ1v) is 6.16. The molecule has 1 fully saturated rings. The van der Waals surface area contributed by atoms with Crippen molar-refractivity contribution >= 4 is 0 Å². The first-order valence-electron chi connectivity index (χ1n) is 6.16. The highest BCUT2D eigenvalue weighted by atomic mass is 16.3. The van der Waals surface area contributed by atoms with Crippen LogP contribution in [-0.2, 0) is 6.54 Å². The Morgan fingerprint density at radius 2 is 2.25 bits per heavy atom. The van der Waals surface area contributed by atoms with Crippen LogP contribution in [0.1, 0.15) is 30.9 Å². The van der Waals surface area contributed by atoms with Gasteiger partial charge in [0.15, 0.2) is 0 Å². The fourth-order valence-corrected chi connectivity index (χ4v) is 2.51. The molecular weight excluding hydrogens is 198 g/mol. The van der Waals surface area contributed by atoms with Crippen molar-refractivity contribution < 1.29 is 5.11 Å². The molecule has 0 saturated carbocycles. The van der Waals surface area contributed by atoms with Crippen molar-refractivity contribution in [3.8, 4) is 5.75 Å². The van der Waals surface area contributed by atoms with E-state index in [1.807, 2.05) is 6.07 Å². The van der Waals surface area contributed by atoms with Gasteiger partial charge in [-0.15, -0.1) is 0 Å². The van der Waals surface area contributed by atoms with E-state index in [0.29, 0.717) is 5.75 Å². The highest BCUT2D eigenvalue weighted by Gasteiger charge is 2.17. The van der Waals surface area contributed by atoms with Crippen LogP contribution >= 0.6 is 0 Å². The molecule has 1 aliphatic heterocycles. The number of rotatable bonds is 2. The molecule has 2 nitrogen and oxygen atoms in total. The molecule has 1 aliphatic rings. The molecule has 2 rings (SSSR count). The summed E-state index contributed by atoms with van der Waals surface area (Å²) < 4.78 is 0. The number of likely N-dealkylation sites (tertiary alicyclic amines) is 1. The van der Waals surface area contributed by atoms with Gasteiger partial charge in [0, 0.05) is 18.7 Å². The summed E-state index contributed by atoms with van der Waals surface area (Å²) in [6.07, 6.45) is 2.63. The van der Waals surface area contributed by atoms with Crippen molar-refractivity contribution in [3.05, 3.63) is 29.3 Å². The summed E-state index contributed by atoms with van der Waals surface area (Å²) in [5.41, 5.74) is 2.28. The van der Waals surface area contributed by atoms with E-state index in [0.717, 1.165) is 31.1 Å². The smallest absolute Gasteiger partial charge is 0.120 e. The summed E-state index contributed by atoms with van der Waals surface area (Å²) >= 11 is 0. The molecule has 0 bridgehead atoms. The number of nitrogens with zero attached hydrogens (tertiary/aromatic N) is 1. The summed E-state index contributed by atoms with van der Waals surface area (Å²) in [5.74, 6) is 1.23. The zero-order chi connectivity index (χ0) is 11.5. The van der Waals surface area contributed by atoms with Crippen molar-refractivity contribution in [2.75, 3.05) is 13.1 Å². The lowest BCUT2D eigenvalue weighted by Gasteiger charge is -2.31. The second-order valence-electron chi connectivity index (χ2n) is 5.11. The van der Waals surface area contributed by atoms with E-state index in [9.17, 15) is 5.11 Å². The molecule has 1 N–H and O–H groups in total. The number of aryl methyl sites for hydroxylation is 1. The Hall–Kier alpha value is -1.02. The molecule has 0 aliphatic carbocycles. The van der Waals surface area contributed by atoms with Gasteiger partial charge in [-0.1, -0.05) is 24.6 Å². The van der Waals surface area contributed by atoms with Gasteiger partial charge in [-0.25, -0.2) is 0 Å². The quantitative estimate of drug-likeness (QED) is 0.826. The van der Waals surface area contributed by atoms with Crippen LogP contribution in [0.25, 0.3) is 0 Å². The zero-order valence-electron chi connectivity index (χ0n) is 10.2. The van der Waals surface area contributed by atoms with Crippen LogP contribution in [0.4, 0.5) is 0 Å². The molecule has 0 amide bonds. The molecular formula is C14H21NO. The molecule has 2 heteroatoms. The van der Waals surface area contributed by atoms with E-state index in [4.69, 9.17) is 0 Å². The van der Waals surface area contributed by atoms with Crippen LogP contribution in [0.3, 0.4) is 0 Å². The maximum atomic E-state index is 9.80. The van der Waals surface area contributed by atoms with Crippen LogP contribution in [0.5, 0.6) is 5.75 Å². The van der Waals surface area contributed by atoms with Crippen molar-refractivity contribution in [3.63, 3.8) is 0 Å². The van der Waals surface area contributed by atoms with Crippen LogP contribution in [0.15, 0.2) is 18.2 Å². The Morgan fingerprint density at radius 1 is 1.44 bits per heavy atom. The minimum Gasteiger partial charge on any atom is -0.508 e. The third-order valence-electron chi connectivity index (χ3n) is 3.37. The molecule has 1 aromatic carbocycles. The highest BCUT2D eigenvalue weighted by Crippen LogP contribution is 2.23. The highest BCUT2D eigenvalue weighted by molar-refractivity contribution is 5.35. The Morgan fingerprint density at radius 3 is 3.00 bits per heavy atom. The fraction of sp³-hybridized carbons (Fsp3) is 0.571. The molecule has 0 spiro atoms. The van der Waals surface area contributed by atoms with Gasteiger partial charge >= 0.3 is 0 Å². The molecule has 1 heterocycles. The van der Waals surface area contributed by atoms with E-state index >= 15 is 0 Å². The van der Waals surface area contributed by atoms with Crippen LogP contribution in [0.2, 0.25) is 0 Å². The van der Waals surface area contributed by atoms with E-state index in [-0.39, 0.29) is 0 Å². The lowest BCUT2D eigenvalue weighted by molar-refractivity contribution is 0.175. The maximum Gasteiger partial charge on any atom is 0.120 e. The van der Waals surface area contributed by atoms with Gasteiger partial charge in [-0.05, 0) is 38.3 Å². The van der Waals surface area contributed by atoms with Gasteiger partial charge in [0.2, 0.25) is 0 Å². The topological polar surface area (TPSA) is 23.5 Å². The van der Waals surface area contributed by atoms with E-state index in [1.54, 1.807) is 6.07 Å². The summed E-state index contributed by atoms with van der Waals surface area (Å²) in [5, 5.41) is 9.80. The van der Waals surface area contributed by atoms with Gasteiger partial charge in [-0.3, -0.25) is 4.90 Å². The van der Waals surface area contributed by atoms with E-state index in [2.05, 4.69) is 24.8 Å². The third kappa shape index (κ3) is 2.76.